The first-order chi connectivity index (χ1) is 14.9. The van der Waals surface area contributed by atoms with Crippen LogP contribution in [0, 0.1) is 0 Å². The first-order valence-electron chi connectivity index (χ1n) is 8.94. The molecule has 1 aromatic carbocycles. The zero-order valence-corrected chi connectivity index (χ0v) is 18.0. The van der Waals surface area contributed by atoms with E-state index in [0.717, 1.165) is 16.7 Å². The number of carboxylic acid groups (broad SMARTS) is 1. The number of carbonyl (C=O) groups excluding carboxylic acids is 2. The maximum absolute atomic E-state index is 12.4. The Balaban J connectivity index is 1.63. The van der Waals surface area contributed by atoms with E-state index in [1.807, 2.05) is 0 Å². The van der Waals surface area contributed by atoms with E-state index in [1.165, 1.54) is 13.4 Å². The van der Waals surface area contributed by atoms with Gasteiger partial charge in [0.1, 0.15) is 16.6 Å². The number of nitrogens with one attached hydrogen (secondary N) is 1. The van der Waals surface area contributed by atoms with Gasteiger partial charge in [0.05, 0.1) is 24.8 Å². The van der Waals surface area contributed by atoms with E-state index in [1.54, 1.807) is 36.4 Å². The summed E-state index contributed by atoms with van der Waals surface area (Å²) in [7, 11) is 1.45. The van der Waals surface area contributed by atoms with Gasteiger partial charge >= 0.3 is 5.97 Å². The summed E-state index contributed by atoms with van der Waals surface area (Å²) < 4.78 is 16.2. The Morgan fingerprint density at radius 2 is 2.13 bits per heavy atom. The van der Waals surface area contributed by atoms with Crippen molar-refractivity contribution in [1.29, 1.82) is 0 Å². The Morgan fingerprint density at radius 3 is 2.81 bits per heavy atom. The minimum absolute atomic E-state index is 0.186. The van der Waals surface area contributed by atoms with Crippen LogP contribution >= 0.6 is 24.0 Å². The minimum atomic E-state index is -1.14. The first-order valence-corrected chi connectivity index (χ1v) is 10.2. The van der Waals surface area contributed by atoms with Crippen LogP contribution in [-0.2, 0) is 20.9 Å². The van der Waals surface area contributed by atoms with Crippen LogP contribution in [-0.4, -0.2) is 52.4 Å². The largest absolute Gasteiger partial charge is 0.493 e. The third kappa shape index (κ3) is 5.86. The van der Waals surface area contributed by atoms with E-state index >= 15 is 0 Å². The second kappa shape index (κ2) is 10.1. The predicted octanol–water partition coefficient (Wildman–Crippen LogP) is 2.27. The number of rotatable bonds is 9. The molecule has 0 bridgehead atoms. The highest BCUT2D eigenvalue weighted by atomic mass is 32.2. The number of carboxylic acids is 1. The smallest absolute Gasteiger partial charge is 0.323 e. The zero-order chi connectivity index (χ0) is 22.4. The average Bonchev–Trinajstić information content (AvgIpc) is 3.35. The van der Waals surface area contributed by atoms with Crippen LogP contribution in [0.3, 0.4) is 0 Å². The molecule has 1 aliphatic heterocycles. The molecule has 0 unspecified atom stereocenters. The number of hydrogen-bond acceptors (Lipinski definition) is 8. The van der Waals surface area contributed by atoms with Crippen LogP contribution in [0.4, 0.5) is 0 Å². The number of methoxy groups -OCH3 is 1. The van der Waals surface area contributed by atoms with Gasteiger partial charge in [-0.05, 0) is 35.9 Å². The van der Waals surface area contributed by atoms with Crippen molar-refractivity contribution < 1.29 is 33.4 Å². The van der Waals surface area contributed by atoms with Crippen molar-refractivity contribution in [2.24, 2.45) is 0 Å². The van der Waals surface area contributed by atoms with Crippen molar-refractivity contribution in [3.63, 3.8) is 0 Å². The van der Waals surface area contributed by atoms with E-state index in [2.05, 4.69) is 5.32 Å². The molecule has 1 fully saturated rings. The predicted molar refractivity (Wildman–Crippen MR) is 117 cm³/mol. The molecule has 9 nitrogen and oxygen atoms in total. The summed E-state index contributed by atoms with van der Waals surface area (Å²) in [6.07, 6.45) is 3.11. The third-order valence-corrected chi connectivity index (χ3v) is 5.43. The van der Waals surface area contributed by atoms with Crippen molar-refractivity contribution in [2.75, 3.05) is 20.3 Å². The lowest BCUT2D eigenvalue weighted by molar-refractivity contribution is -0.140. The average molecular weight is 463 g/mol. The van der Waals surface area contributed by atoms with Gasteiger partial charge in [0.2, 0.25) is 0 Å². The monoisotopic (exact) mass is 462 g/mol. The van der Waals surface area contributed by atoms with Crippen molar-refractivity contribution in [1.82, 2.24) is 10.2 Å². The Hall–Kier alpha value is -3.31. The molecule has 0 saturated carbocycles. The first kappa shape index (κ1) is 22.4. The molecule has 2 amide bonds. The molecule has 162 valence electrons. The lowest BCUT2D eigenvalue weighted by atomic mass is 10.2. The second-order valence-electron chi connectivity index (χ2n) is 6.22. The van der Waals surface area contributed by atoms with Gasteiger partial charge in [-0.2, -0.15) is 0 Å². The molecule has 31 heavy (non-hydrogen) atoms. The molecule has 2 aromatic rings. The van der Waals surface area contributed by atoms with Gasteiger partial charge in [-0.3, -0.25) is 19.3 Å². The van der Waals surface area contributed by atoms with E-state index < -0.39 is 18.4 Å². The standard InChI is InChI=1S/C20H18N2O7S2/c1-27-15-7-12(8-16-19(26)22(10-18(24)25)20(30)31-16)4-5-14(15)29-11-17(23)21-9-13-3-2-6-28-13/h2-8H,9-11H2,1H3,(H,21,23)(H,24,25)/b16-8-. The number of aliphatic carboxylic acids is 1. The van der Waals surface area contributed by atoms with Gasteiger partial charge in [0.15, 0.2) is 18.1 Å². The Kier molecular flexibility index (Phi) is 7.32. The molecule has 3 rings (SSSR count). The van der Waals surface area contributed by atoms with Crippen molar-refractivity contribution >= 4 is 52.2 Å². The number of amides is 2. The SMILES string of the molecule is COc1cc(/C=C2\SC(=S)N(CC(=O)O)C2=O)ccc1OCC(=O)NCc1ccco1. The highest BCUT2D eigenvalue weighted by Gasteiger charge is 2.33. The summed E-state index contributed by atoms with van der Waals surface area (Å²) in [6, 6.07) is 8.41. The van der Waals surface area contributed by atoms with Gasteiger partial charge in [0.25, 0.3) is 11.8 Å². The Labute approximate surface area is 187 Å². The molecule has 0 spiro atoms. The minimum Gasteiger partial charge on any atom is -0.493 e. The number of benzene rings is 1. The second-order valence-corrected chi connectivity index (χ2v) is 7.89. The van der Waals surface area contributed by atoms with Crippen LogP contribution in [0.25, 0.3) is 6.08 Å². The van der Waals surface area contributed by atoms with E-state index in [4.69, 9.17) is 31.2 Å². The van der Waals surface area contributed by atoms with Crippen LogP contribution in [0.2, 0.25) is 0 Å². The number of carbonyl (C=O) groups is 3. The van der Waals surface area contributed by atoms with E-state index in [-0.39, 0.29) is 23.4 Å². The maximum atomic E-state index is 12.4. The molecule has 0 atom stereocenters. The number of ether oxygens (including phenoxy) is 2. The molecule has 2 heterocycles. The summed E-state index contributed by atoms with van der Waals surface area (Å²) in [5, 5.41) is 11.6. The summed E-state index contributed by atoms with van der Waals surface area (Å²) >= 11 is 6.11. The normalized spacial score (nSPS) is 14.7. The highest BCUT2D eigenvalue weighted by molar-refractivity contribution is 8.26. The quantitative estimate of drug-likeness (QED) is 0.427. The molecule has 0 radical (unpaired) electrons. The van der Waals surface area contributed by atoms with Crippen molar-refractivity contribution in [2.45, 2.75) is 6.54 Å². The van der Waals surface area contributed by atoms with Crippen molar-refractivity contribution in [3.8, 4) is 11.5 Å². The molecular formula is C20H18N2O7S2. The van der Waals surface area contributed by atoms with Gasteiger partial charge in [-0.15, -0.1) is 0 Å². The number of hydrogen-bond donors (Lipinski definition) is 2. The summed E-state index contributed by atoms with van der Waals surface area (Å²) in [5.74, 6) is -0.590. The molecule has 11 heteroatoms. The summed E-state index contributed by atoms with van der Waals surface area (Å²) in [6.45, 7) is -0.449. The van der Waals surface area contributed by atoms with Crippen LogP contribution in [0.1, 0.15) is 11.3 Å². The zero-order valence-electron chi connectivity index (χ0n) is 16.3. The molecule has 1 aliphatic rings. The van der Waals surface area contributed by atoms with Crippen LogP contribution < -0.4 is 14.8 Å². The maximum Gasteiger partial charge on any atom is 0.323 e. The molecule has 1 aromatic heterocycles. The Morgan fingerprint density at radius 1 is 1.32 bits per heavy atom. The summed E-state index contributed by atoms with van der Waals surface area (Å²) in [4.78, 5) is 36.6. The number of furan rings is 1. The van der Waals surface area contributed by atoms with E-state index in [0.29, 0.717) is 27.7 Å². The fraction of sp³-hybridized carbons (Fsp3) is 0.200. The molecule has 1 saturated heterocycles. The topological polar surface area (TPSA) is 118 Å². The number of thioether (sulfide) groups is 1. The fourth-order valence-corrected chi connectivity index (χ4v) is 3.86. The number of thiocarbonyl (C=S) groups is 1. The van der Waals surface area contributed by atoms with Crippen LogP contribution in [0.5, 0.6) is 11.5 Å². The van der Waals surface area contributed by atoms with Gasteiger partial charge in [-0.25, -0.2) is 0 Å². The number of nitrogens with zero attached hydrogens (tertiary/aromatic N) is 1. The molecule has 0 aliphatic carbocycles. The van der Waals surface area contributed by atoms with Crippen molar-refractivity contribution in [3.05, 3.63) is 52.8 Å². The van der Waals surface area contributed by atoms with Crippen LogP contribution in [0.15, 0.2) is 45.9 Å². The lowest BCUT2D eigenvalue weighted by Crippen LogP contribution is -2.33. The molecule has 2 N–H and O–H groups in total. The highest BCUT2D eigenvalue weighted by Crippen LogP contribution is 2.34. The van der Waals surface area contributed by atoms with Gasteiger partial charge in [-0.1, -0.05) is 30.0 Å². The Bertz CT molecular complexity index is 1030. The lowest BCUT2D eigenvalue weighted by Gasteiger charge is -2.11. The van der Waals surface area contributed by atoms with Gasteiger partial charge < -0.3 is 24.3 Å². The van der Waals surface area contributed by atoms with Gasteiger partial charge in [0, 0.05) is 0 Å². The van der Waals surface area contributed by atoms with E-state index in [9.17, 15) is 14.4 Å². The molecular weight excluding hydrogens is 444 g/mol. The summed E-state index contributed by atoms with van der Waals surface area (Å²) in [5.41, 5.74) is 0.627. The fourth-order valence-electron chi connectivity index (χ4n) is 2.61. The third-order valence-electron chi connectivity index (χ3n) is 4.05.